The van der Waals surface area contributed by atoms with Gasteiger partial charge in [0.25, 0.3) is 0 Å². The first kappa shape index (κ1) is 15.8. The molecule has 1 saturated heterocycles. The molecule has 1 aliphatic heterocycles. The van der Waals surface area contributed by atoms with E-state index in [9.17, 15) is 0 Å². The SMILES string of the molecule is c1ccc2nc(N3CCC[C@@H](c4nccn4CC4CCC4)C3)cnc2c1. The number of rotatable bonds is 4. The van der Waals surface area contributed by atoms with Crippen LogP contribution in [0.25, 0.3) is 11.0 Å². The van der Waals surface area contributed by atoms with Crippen molar-refractivity contribution in [2.45, 2.75) is 44.6 Å². The summed E-state index contributed by atoms with van der Waals surface area (Å²) >= 11 is 0. The van der Waals surface area contributed by atoms with Crippen LogP contribution < -0.4 is 4.90 Å². The Kier molecular flexibility index (Phi) is 4.07. The molecule has 5 heteroatoms. The minimum Gasteiger partial charge on any atom is -0.355 e. The van der Waals surface area contributed by atoms with Gasteiger partial charge in [-0.3, -0.25) is 4.98 Å². The Morgan fingerprint density at radius 2 is 1.88 bits per heavy atom. The molecule has 0 radical (unpaired) electrons. The number of para-hydroxylation sites is 2. The Morgan fingerprint density at radius 3 is 2.73 bits per heavy atom. The second kappa shape index (κ2) is 6.71. The van der Waals surface area contributed by atoms with Crippen LogP contribution in [0.5, 0.6) is 0 Å². The number of aromatic nitrogens is 4. The monoisotopic (exact) mass is 347 g/mol. The topological polar surface area (TPSA) is 46.8 Å². The van der Waals surface area contributed by atoms with E-state index in [0.29, 0.717) is 5.92 Å². The first-order valence-electron chi connectivity index (χ1n) is 9.84. The zero-order valence-corrected chi connectivity index (χ0v) is 15.1. The molecule has 2 aliphatic rings. The first-order chi connectivity index (χ1) is 12.9. The van der Waals surface area contributed by atoms with Gasteiger partial charge in [0.05, 0.1) is 17.2 Å². The fourth-order valence-electron chi connectivity index (χ4n) is 4.28. The minimum absolute atomic E-state index is 0.479. The van der Waals surface area contributed by atoms with E-state index < -0.39 is 0 Å². The summed E-state index contributed by atoms with van der Waals surface area (Å²) in [6.07, 6.45) is 12.6. The molecule has 0 spiro atoms. The molecule has 5 rings (SSSR count). The normalized spacial score (nSPS) is 21.1. The predicted molar refractivity (Wildman–Crippen MR) is 103 cm³/mol. The van der Waals surface area contributed by atoms with Crippen LogP contribution in [-0.4, -0.2) is 32.6 Å². The maximum absolute atomic E-state index is 4.84. The zero-order chi connectivity index (χ0) is 17.3. The molecule has 3 aromatic rings. The van der Waals surface area contributed by atoms with Gasteiger partial charge in [-0.25, -0.2) is 9.97 Å². The van der Waals surface area contributed by atoms with E-state index in [4.69, 9.17) is 9.97 Å². The molecule has 26 heavy (non-hydrogen) atoms. The third-order valence-electron chi connectivity index (χ3n) is 5.97. The molecule has 1 saturated carbocycles. The van der Waals surface area contributed by atoms with Crippen LogP contribution in [0.3, 0.4) is 0 Å². The van der Waals surface area contributed by atoms with Gasteiger partial charge in [-0.2, -0.15) is 0 Å². The van der Waals surface area contributed by atoms with E-state index in [1.165, 1.54) is 37.9 Å². The summed E-state index contributed by atoms with van der Waals surface area (Å²) in [6, 6.07) is 8.09. The molecule has 5 nitrogen and oxygen atoms in total. The number of fused-ring (bicyclic) bond motifs is 1. The highest BCUT2D eigenvalue weighted by atomic mass is 15.2. The number of benzene rings is 1. The van der Waals surface area contributed by atoms with Crippen LogP contribution in [0, 0.1) is 5.92 Å². The van der Waals surface area contributed by atoms with Gasteiger partial charge in [-0.05, 0) is 43.7 Å². The van der Waals surface area contributed by atoms with Crippen LogP contribution in [0.4, 0.5) is 5.82 Å². The van der Waals surface area contributed by atoms with Gasteiger partial charge < -0.3 is 9.47 Å². The van der Waals surface area contributed by atoms with Gasteiger partial charge in [0.2, 0.25) is 0 Å². The van der Waals surface area contributed by atoms with E-state index in [-0.39, 0.29) is 0 Å². The average Bonchev–Trinajstić information content (AvgIpc) is 3.13. The summed E-state index contributed by atoms with van der Waals surface area (Å²) in [5, 5.41) is 0. The Bertz CT molecular complexity index is 898. The second-order valence-corrected chi connectivity index (χ2v) is 7.74. The van der Waals surface area contributed by atoms with Gasteiger partial charge in [-0.15, -0.1) is 0 Å². The molecule has 1 aliphatic carbocycles. The number of hydrogen-bond acceptors (Lipinski definition) is 4. The highest BCUT2D eigenvalue weighted by molar-refractivity contribution is 5.75. The number of imidazole rings is 1. The molecular formula is C21H25N5. The maximum atomic E-state index is 4.84. The van der Waals surface area contributed by atoms with Crippen molar-refractivity contribution in [3.63, 3.8) is 0 Å². The van der Waals surface area contributed by atoms with E-state index in [1.807, 2.05) is 36.7 Å². The van der Waals surface area contributed by atoms with Gasteiger partial charge in [-0.1, -0.05) is 18.6 Å². The van der Waals surface area contributed by atoms with Crippen molar-refractivity contribution in [2.75, 3.05) is 18.0 Å². The third kappa shape index (κ3) is 2.96. The highest BCUT2D eigenvalue weighted by Gasteiger charge is 2.27. The fourth-order valence-corrected chi connectivity index (χ4v) is 4.28. The van der Waals surface area contributed by atoms with Crippen LogP contribution in [0.2, 0.25) is 0 Å². The Morgan fingerprint density at radius 1 is 1.00 bits per heavy atom. The standard InChI is InChI=1S/C21H25N5/c1-2-9-19-18(8-1)23-13-20(24-19)25-11-4-7-17(15-25)21-22-10-12-26(21)14-16-5-3-6-16/h1-2,8-10,12-13,16-17H,3-7,11,14-15H2/t17-/m1/s1. The molecule has 0 N–H and O–H groups in total. The summed E-state index contributed by atoms with van der Waals surface area (Å²) in [5.74, 6) is 3.59. The Hall–Kier alpha value is -2.43. The second-order valence-electron chi connectivity index (χ2n) is 7.74. The third-order valence-corrected chi connectivity index (χ3v) is 5.97. The summed E-state index contributed by atoms with van der Waals surface area (Å²) in [7, 11) is 0. The number of nitrogens with zero attached hydrogens (tertiary/aromatic N) is 5. The molecule has 0 bridgehead atoms. The number of piperidine rings is 1. The lowest BCUT2D eigenvalue weighted by atomic mass is 9.85. The van der Waals surface area contributed by atoms with Gasteiger partial charge in [0, 0.05) is 37.9 Å². The molecular weight excluding hydrogens is 322 g/mol. The van der Waals surface area contributed by atoms with Crippen molar-refractivity contribution in [2.24, 2.45) is 5.92 Å². The molecule has 0 unspecified atom stereocenters. The highest BCUT2D eigenvalue weighted by Crippen LogP contribution is 2.32. The summed E-state index contributed by atoms with van der Waals surface area (Å²) in [4.78, 5) is 16.6. The molecule has 2 aromatic heterocycles. The van der Waals surface area contributed by atoms with Gasteiger partial charge in [0.1, 0.15) is 11.6 Å². The smallest absolute Gasteiger partial charge is 0.147 e. The van der Waals surface area contributed by atoms with E-state index >= 15 is 0 Å². The Labute approximate surface area is 154 Å². The predicted octanol–water partition coefficient (Wildman–Crippen LogP) is 4.01. The quantitative estimate of drug-likeness (QED) is 0.715. The first-order valence-corrected chi connectivity index (χ1v) is 9.84. The summed E-state index contributed by atoms with van der Waals surface area (Å²) in [5.41, 5.74) is 1.93. The van der Waals surface area contributed by atoms with Crippen LogP contribution in [0.1, 0.15) is 43.8 Å². The lowest BCUT2D eigenvalue weighted by Gasteiger charge is -2.34. The molecule has 0 amide bonds. The molecule has 1 aromatic carbocycles. The molecule has 2 fully saturated rings. The molecule has 1 atom stereocenters. The van der Waals surface area contributed by atoms with Crippen molar-refractivity contribution in [3.05, 3.63) is 48.7 Å². The minimum atomic E-state index is 0.479. The number of anilines is 1. The molecule has 134 valence electrons. The summed E-state index contributed by atoms with van der Waals surface area (Å²) < 4.78 is 2.41. The van der Waals surface area contributed by atoms with Crippen molar-refractivity contribution in [3.8, 4) is 0 Å². The van der Waals surface area contributed by atoms with Crippen molar-refractivity contribution < 1.29 is 0 Å². The van der Waals surface area contributed by atoms with Crippen LogP contribution >= 0.6 is 0 Å². The fraction of sp³-hybridized carbons (Fsp3) is 0.476. The zero-order valence-electron chi connectivity index (χ0n) is 15.1. The van der Waals surface area contributed by atoms with Crippen molar-refractivity contribution >= 4 is 16.9 Å². The Balaban J connectivity index is 1.36. The van der Waals surface area contributed by atoms with Crippen LogP contribution in [-0.2, 0) is 6.54 Å². The number of hydrogen-bond donors (Lipinski definition) is 0. The van der Waals surface area contributed by atoms with E-state index in [1.54, 1.807) is 0 Å². The summed E-state index contributed by atoms with van der Waals surface area (Å²) in [6.45, 7) is 3.17. The largest absolute Gasteiger partial charge is 0.355 e. The van der Waals surface area contributed by atoms with E-state index in [0.717, 1.165) is 42.4 Å². The lowest BCUT2D eigenvalue weighted by molar-refractivity contribution is 0.270. The van der Waals surface area contributed by atoms with E-state index in [2.05, 4.69) is 20.6 Å². The maximum Gasteiger partial charge on any atom is 0.147 e. The lowest BCUT2D eigenvalue weighted by Crippen LogP contribution is -2.36. The van der Waals surface area contributed by atoms with Gasteiger partial charge >= 0.3 is 0 Å². The van der Waals surface area contributed by atoms with Crippen molar-refractivity contribution in [1.82, 2.24) is 19.5 Å². The van der Waals surface area contributed by atoms with Crippen LogP contribution in [0.15, 0.2) is 42.9 Å². The average molecular weight is 347 g/mol. The van der Waals surface area contributed by atoms with Gasteiger partial charge in [0.15, 0.2) is 0 Å². The van der Waals surface area contributed by atoms with Crippen molar-refractivity contribution in [1.29, 1.82) is 0 Å². The molecule has 3 heterocycles.